The summed E-state index contributed by atoms with van der Waals surface area (Å²) in [4.78, 5) is 20.4. The maximum absolute atomic E-state index is 13.4. The molecule has 4 rings (SSSR count). The monoisotopic (exact) mass is 564 g/mol. The fourth-order valence-corrected chi connectivity index (χ4v) is 3.61. The summed E-state index contributed by atoms with van der Waals surface area (Å²) in [6, 6.07) is 15.3. The quantitative estimate of drug-likeness (QED) is 0.126. The summed E-state index contributed by atoms with van der Waals surface area (Å²) in [6.45, 7) is 0. The Bertz CT molecular complexity index is 1590. The third-order valence-corrected chi connectivity index (χ3v) is 5.37. The van der Waals surface area contributed by atoms with Gasteiger partial charge < -0.3 is 9.47 Å². The zero-order valence-corrected chi connectivity index (χ0v) is 19.7. The van der Waals surface area contributed by atoms with Crippen molar-refractivity contribution in [1.29, 1.82) is 0 Å². The van der Waals surface area contributed by atoms with Gasteiger partial charge in [-0.2, -0.15) is 26.3 Å². The maximum atomic E-state index is 13.4. The fourth-order valence-electron chi connectivity index (χ4n) is 3.61. The first-order chi connectivity index (χ1) is 18.7. The Kier molecular flexibility index (Phi) is 7.36. The van der Waals surface area contributed by atoms with Crippen LogP contribution in [0, 0.1) is 20.2 Å². The van der Waals surface area contributed by atoms with E-state index >= 15 is 0 Å². The Morgan fingerprint density at radius 2 is 1.10 bits per heavy atom. The van der Waals surface area contributed by atoms with Crippen molar-refractivity contribution < 1.29 is 45.7 Å². The van der Waals surface area contributed by atoms with Crippen LogP contribution in [0.4, 0.5) is 37.7 Å². The van der Waals surface area contributed by atoms with Crippen LogP contribution in [-0.4, -0.2) is 9.85 Å². The van der Waals surface area contributed by atoms with E-state index in [1.165, 1.54) is 18.2 Å². The van der Waals surface area contributed by atoms with E-state index < -0.39 is 56.2 Å². The number of hydrogen-bond donors (Lipinski definition) is 0. The molecule has 8 nitrogen and oxygen atoms in total. The smallest absolute Gasteiger partial charge is 0.416 e. The van der Waals surface area contributed by atoms with Gasteiger partial charge in [-0.05, 0) is 23.8 Å². The van der Waals surface area contributed by atoms with Gasteiger partial charge in [0.2, 0.25) is 0 Å². The molecule has 206 valence electrons. The van der Waals surface area contributed by atoms with Crippen molar-refractivity contribution in [3.63, 3.8) is 0 Å². The number of nitrogens with zero attached hydrogens (tertiary/aromatic N) is 2. The Labute approximate surface area is 220 Å². The highest BCUT2D eigenvalue weighted by molar-refractivity contribution is 5.74. The molecule has 40 heavy (non-hydrogen) atoms. The normalized spacial score (nSPS) is 11.7. The van der Waals surface area contributed by atoms with E-state index in [1.54, 1.807) is 30.3 Å². The molecule has 0 unspecified atom stereocenters. The van der Waals surface area contributed by atoms with Crippen LogP contribution in [0.15, 0.2) is 84.9 Å². The zero-order chi connectivity index (χ0) is 29.2. The van der Waals surface area contributed by atoms with Crippen LogP contribution in [0.3, 0.4) is 0 Å². The van der Waals surface area contributed by atoms with Crippen LogP contribution in [0.25, 0.3) is 11.1 Å². The van der Waals surface area contributed by atoms with E-state index in [4.69, 9.17) is 9.47 Å². The number of halogens is 6. The lowest BCUT2D eigenvalue weighted by Crippen LogP contribution is -2.06. The van der Waals surface area contributed by atoms with Crippen molar-refractivity contribution in [2.45, 2.75) is 12.4 Å². The number of benzene rings is 4. The van der Waals surface area contributed by atoms with Crippen LogP contribution >= 0.6 is 0 Å². The van der Waals surface area contributed by atoms with Crippen molar-refractivity contribution >= 4 is 11.4 Å². The molecule has 0 radical (unpaired) electrons. The third-order valence-electron chi connectivity index (χ3n) is 5.37. The highest BCUT2D eigenvalue weighted by atomic mass is 19.4. The van der Waals surface area contributed by atoms with Crippen LogP contribution in [0.1, 0.15) is 11.1 Å². The summed E-state index contributed by atoms with van der Waals surface area (Å²) in [6.07, 6.45) is -9.94. The van der Waals surface area contributed by atoms with Gasteiger partial charge >= 0.3 is 12.4 Å². The molecule has 4 aromatic carbocycles. The van der Waals surface area contributed by atoms with Crippen molar-refractivity contribution in [3.05, 3.63) is 116 Å². The molecule has 0 atom stereocenters. The molecule has 0 saturated heterocycles. The second kappa shape index (κ2) is 10.6. The summed E-state index contributed by atoms with van der Waals surface area (Å²) in [5.41, 5.74) is -3.99. The molecular formula is C26H14F6N2O6. The van der Waals surface area contributed by atoms with E-state index in [1.807, 2.05) is 0 Å². The molecule has 0 aromatic heterocycles. The summed E-state index contributed by atoms with van der Waals surface area (Å²) >= 11 is 0. The average Bonchev–Trinajstić information content (AvgIpc) is 2.88. The number of hydrogen-bond acceptors (Lipinski definition) is 6. The van der Waals surface area contributed by atoms with Crippen molar-refractivity contribution in [2.24, 2.45) is 0 Å². The van der Waals surface area contributed by atoms with E-state index in [0.717, 1.165) is 12.1 Å². The van der Waals surface area contributed by atoms with Gasteiger partial charge in [0.15, 0.2) is 11.5 Å². The molecule has 0 bridgehead atoms. The van der Waals surface area contributed by atoms with Crippen molar-refractivity contribution in [2.75, 3.05) is 0 Å². The number of ether oxygens (including phenoxy) is 2. The highest BCUT2D eigenvalue weighted by Crippen LogP contribution is 2.45. The van der Waals surface area contributed by atoms with Crippen LogP contribution < -0.4 is 9.47 Å². The molecule has 0 aliphatic rings. The number of alkyl halides is 6. The minimum absolute atomic E-state index is 0.194. The minimum Gasteiger partial charge on any atom is -0.453 e. The average molecular weight is 564 g/mol. The van der Waals surface area contributed by atoms with Gasteiger partial charge in [0.25, 0.3) is 11.4 Å². The molecule has 0 amide bonds. The summed E-state index contributed by atoms with van der Waals surface area (Å²) in [5, 5.41) is 22.5. The van der Waals surface area contributed by atoms with Gasteiger partial charge in [0.1, 0.15) is 11.5 Å². The number of nitro groups is 2. The van der Waals surface area contributed by atoms with E-state index in [-0.39, 0.29) is 17.1 Å². The Hall–Kier alpha value is -5.14. The molecule has 0 saturated carbocycles. The molecule has 14 heteroatoms. The molecule has 0 heterocycles. The lowest BCUT2D eigenvalue weighted by molar-refractivity contribution is -0.385. The summed E-state index contributed by atoms with van der Waals surface area (Å²) in [5.74, 6) is -1.89. The number of para-hydroxylation sites is 1. The van der Waals surface area contributed by atoms with Crippen LogP contribution in [0.2, 0.25) is 0 Å². The summed E-state index contributed by atoms with van der Waals surface area (Å²) < 4.78 is 91.8. The Morgan fingerprint density at radius 1 is 0.600 bits per heavy atom. The summed E-state index contributed by atoms with van der Waals surface area (Å²) in [7, 11) is 0. The Balaban J connectivity index is 1.89. The molecular weight excluding hydrogens is 550 g/mol. The predicted octanol–water partition coefficient (Wildman–Crippen LogP) is 8.79. The second-order valence-corrected chi connectivity index (χ2v) is 8.14. The topological polar surface area (TPSA) is 105 Å². The first-order valence-electron chi connectivity index (χ1n) is 11.0. The SMILES string of the molecule is O=[N+]([O-])c1cc(Oc2cccc(-c3ccccc3)c2Oc2cc([N+](=O)[O-])cc(C(F)(F)F)c2)cc(C(F)(F)F)c1. The molecule has 0 fully saturated rings. The van der Waals surface area contributed by atoms with Gasteiger partial charge in [-0.15, -0.1) is 0 Å². The van der Waals surface area contributed by atoms with Crippen molar-refractivity contribution in [1.82, 2.24) is 0 Å². The van der Waals surface area contributed by atoms with Crippen LogP contribution in [-0.2, 0) is 12.4 Å². The molecule has 0 aliphatic heterocycles. The lowest BCUT2D eigenvalue weighted by Gasteiger charge is -2.18. The van der Waals surface area contributed by atoms with Gasteiger partial charge in [0.05, 0.1) is 33.1 Å². The number of nitro benzene ring substituents is 2. The van der Waals surface area contributed by atoms with Crippen LogP contribution in [0.5, 0.6) is 23.0 Å². The first-order valence-corrected chi connectivity index (χ1v) is 11.0. The molecule has 0 N–H and O–H groups in total. The van der Waals surface area contributed by atoms with Crippen molar-refractivity contribution in [3.8, 4) is 34.1 Å². The number of rotatable bonds is 7. The van der Waals surface area contributed by atoms with E-state index in [9.17, 15) is 46.6 Å². The standard InChI is InChI=1S/C26H14F6N2O6/c27-25(28,29)16-9-18(33(35)36)13-20(11-16)39-23-8-4-7-22(15-5-2-1-3-6-15)24(23)40-21-12-17(26(30,31)32)10-19(14-21)34(37)38/h1-14H. The zero-order valence-electron chi connectivity index (χ0n) is 19.7. The Morgan fingerprint density at radius 3 is 1.57 bits per heavy atom. The van der Waals surface area contributed by atoms with Gasteiger partial charge in [-0.3, -0.25) is 20.2 Å². The number of non-ortho nitro benzene ring substituents is 2. The molecule has 0 aliphatic carbocycles. The molecule has 4 aromatic rings. The van der Waals surface area contributed by atoms with Gasteiger partial charge in [-0.25, -0.2) is 0 Å². The highest BCUT2D eigenvalue weighted by Gasteiger charge is 2.34. The first kappa shape index (κ1) is 27.9. The maximum Gasteiger partial charge on any atom is 0.416 e. The third kappa shape index (κ3) is 6.28. The minimum atomic E-state index is -4.97. The molecule has 0 spiro atoms. The predicted molar refractivity (Wildman–Crippen MR) is 128 cm³/mol. The van der Waals surface area contributed by atoms with E-state index in [0.29, 0.717) is 29.8 Å². The largest absolute Gasteiger partial charge is 0.453 e. The fraction of sp³-hybridized carbons (Fsp3) is 0.0769. The van der Waals surface area contributed by atoms with Gasteiger partial charge in [-0.1, -0.05) is 42.5 Å². The lowest BCUT2D eigenvalue weighted by atomic mass is 10.0. The van der Waals surface area contributed by atoms with E-state index in [2.05, 4.69) is 0 Å². The second-order valence-electron chi connectivity index (χ2n) is 8.14. The van der Waals surface area contributed by atoms with Gasteiger partial charge in [0, 0.05) is 17.7 Å².